The molecule has 3 rings (SSSR count). The second kappa shape index (κ2) is 9.16. The summed E-state index contributed by atoms with van der Waals surface area (Å²) in [5.41, 5.74) is 2.18. The molecule has 0 fully saturated rings. The van der Waals surface area contributed by atoms with Crippen LogP contribution in [-0.2, 0) is 6.54 Å². The van der Waals surface area contributed by atoms with Crippen LogP contribution in [0.15, 0.2) is 42.5 Å². The first kappa shape index (κ1) is 18.9. The minimum Gasteiger partial charge on any atom is -0.494 e. The zero-order chi connectivity index (χ0) is 19.1. The molecule has 0 radical (unpaired) electrons. The number of hydrogen-bond acceptors (Lipinski definition) is 4. The average Bonchev–Trinajstić information content (AvgIpc) is 3.13. The summed E-state index contributed by atoms with van der Waals surface area (Å²) < 4.78 is 16.4. The number of carbonyl (C=O) groups excluding carboxylic acids is 1. The number of fused-ring (bicyclic) bond motifs is 1. The smallest absolute Gasteiger partial charge is 0.317 e. The monoisotopic (exact) mass is 370 g/mol. The van der Waals surface area contributed by atoms with Crippen LogP contribution < -0.4 is 19.5 Å². The topological polar surface area (TPSA) is 60.0 Å². The molecule has 27 heavy (non-hydrogen) atoms. The Labute approximate surface area is 160 Å². The van der Waals surface area contributed by atoms with E-state index in [-0.39, 0.29) is 12.8 Å². The van der Waals surface area contributed by atoms with Gasteiger partial charge in [-0.3, -0.25) is 0 Å². The Kier molecular flexibility index (Phi) is 6.41. The Balaban J connectivity index is 1.40. The number of rotatable bonds is 8. The zero-order valence-electron chi connectivity index (χ0n) is 15.9. The van der Waals surface area contributed by atoms with Crippen molar-refractivity contribution < 1.29 is 19.0 Å². The van der Waals surface area contributed by atoms with Crippen molar-refractivity contribution in [3.63, 3.8) is 0 Å². The molecule has 2 aromatic carbocycles. The quantitative estimate of drug-likeness (QED) is 0.720. The van der Waals surface area contributed by atoms with Crippen LogP contribution in [-0.4, -0.2) is 37.4 Å². The van der Waals surface area contributed by atoms with Gasteiger partial charge in [-0.2, -0.15) is 0 Å². The molecule has 0 bridgehead atoms. The summed E-state index contributed by atoms with van der Waals surface area (Å²) in [7, 11) is 0. The maximum absolute atomic E-state index is 12.4. The molecule has 0 spiro atoms. The van der Waals surface area contributed by atoms with Gasteiger partial charge in [0.05, 0.1) is 6.61 Å². The van der Waals surface area contributed by atoms with E-state index in [1.165, 1.54) is 5.56 Å². The van der Waals surface area contributed by atoms with E-state index < -0.39 is 0 Å². The lowest BCUT2D eigenvalue weighted by Gasteiger charge is -2.21. The highest BCUT2D eigenvalue weighted by Crippen LogP contribution is 2.32. The van der Waals surface area contributed by atoms with Crippen molar-refractivity contribution in [1.82, 2.24) is 10.2 Å². The lowest BCUT2D eigenvalue weighted by atomic mass is 10.2. The van der Waals surface area contributed by atoms with Crippen molar-refractivity contribution >= 4 is 6.03 Å². The van der Waals surface area contributed by atoms with E-state index >= 15 is 0 Å². The summed E-state index contributed by atoms with van der Waals surface area (Å²) in [6.07, 6.45) is 0.751. The molecular formula is C21H26N2O4. The van der Waals surface area contributed by atoms with E-state index in [1.54, 1.807) is 4.90 Å². The molecule has 0 unspecified atom stereocenters. The van der Waals surface area contributed by atoms with E-state index in [1.807, 2.05) is 56.3 Å². The number of carbonyl (C=O) groups is 1. The minimum atomic E-state index is -0.0780. The van der Waals surface area contributed by atoms with Crippen molar-refractivity contribution in [2.24, 2.45) is 0 Å². The zero-order valence-corrected chi connectivity index (χ0v) is 15.9. The van der Waals surface area contributed by atoms with Crippen molar-refractivity contribution in [2.45, 2.75) is 26.8 Å². The van der Waals surface area contributed by atoms with Gasteiger partial charge in [0.25, 0.3) is 0 Å². The van der Waals surface area contributed by atoms with E-state index in [0.29, 0.717) is 26.2 Å². The van der Waals surface area contributed by atoms with Crippen LogP contribution in [0.1, 0.15) is 24.5 Å². The van der Waals surface area contributed by atoms with Gasteiger partial charge in [0.2, 0.25) is 6.79 Å². The molecule has 0 saturated carbocycles. The number of amides is 2. The van der Waals surface area contributed by atoms with Crippen molar-refractivity contribution in [3.8, 4) is 17.2 Å². The molecule has 144 valence electrons. The first-order valence-corrected chi connectivity index (χ1v) is 9.26. The fraction of sp³-hybridized carbons (Fsp3) is 0.381. The van der Waals surface area contributed by atoms with E-state index in [9.17, 15) is 4.79 Å². The van der Waals surface area contributed by atoms with Gasteiger partial charge in [-0.1, -0.05) is 18.2 Å². The number of urea groups is 1. The summed E-state index contributed by atoms with van der Waals surface area (Å²) in [4.78, 5) is 14.2. The average molecular weight is 370 g/mol. The Morgan fingerprint density at radius 3 is 2.85 bits per heavy atom. The number of benzene rings is 2. The van der Waals surface area contributed by atoms with Crippen LogP contribution in [0.5, 0.6) is 17.2 Å². The summed E-state index contributed by atoms with van der Waals surface area (Å²) in [6.45, 7) is 6.54. The third kappa shape index (κ3) is 5.29. The summed E-state index contributed by atoms with van der Waals surface area (Å²) in [5.74, 6) is 2.34. The van der Waals surface area contributed by atoms with Gasteiger partial charge in [0.1, 0.15) is 5.75 Å². The van der Waals surface area contributed by atoms with Crippen molar-refractivity contribution in [2.75, 3.05) is 26.5 Å². The van der Waals surface area contributed by atoms with E-state index in [2.05, 4.69) is 5.32 Å². The largest absolute Gasteiger partial charge is 0.494 e. The Morgan fingerprint density at radius 2 is 2.04 bits per heavy atom. The van der Waals surface area contributed by atoms with Crippen LogP contribution in [0.2, 0.25) is 0 Å². The number of hydrogen-bond donors (Lipinski definition) is 1. The van der Waals surface area contributed by atoms with Gasteiger partial charge in [0.15, 0.2) is 11.5 Å². The highest BCUT2D eigenvalue weighted by molar-refractivity contribution is 5.74. The van der Waals surface area contributed by atoms with Gasteiger partial charge in [-0.25, -0.2) is 4.79 Å². The van der Waals surface area contributed by atoms with Crippen molar-refractivity contribution in [3.05, 3.63) is 53.6 Å². The molecule has 0 aliphatic carbocycles. The first-order valence-electron chi connectivity index (χ1n) is 9.26. The van der Waals surface area contributed by atoms with E-state index in [0.717, 1.165) is 29.2 Å². The second-order valence-corrected chi connectivity index (χ2v) is 6.45. The predicted molar refractivity (Wildman–Crippen MR) is 103 cm³/mol. The van der Waals surface area contributed by atoms with Gasteiger partial charge >= 0.3 is 6.03 Å². The molecule has 1 heterocycles. The predicted octanol–water partition coefficient (Wildman–Crippen LogP) is 3.72. The van der Waals surface area contributed by atoms with Crippen LogP contribution in [0.25, 0.3) is 0 Å². The fourth-order valence-corrected chi connectivity index (χ4v) is 2.86. The normalized spacial score (nSPS) is 11.9. The summed E-state index contributed by atoms with van der Waals surface area (Å²) in [5, 5.41) is 2.95. The van der Waals surface area contributed by atoms with Gasteiger partial charge in [-0.05, 0) is 55.7 Å². The summed E-state index contributed by atoms with van der Waals surface area (Å²) >= 11 is 0. The second-order valence-electron chi connectivity index (χ2n) is 6.45. The summed E-state index contributed by atoms with van der Waals surface area (Å²) in [6, 6.07) is 13.6. The fourth-order valence-electron chi connectivity index (χ4n) is 2.86. The minimum absolute atomic E-state index is 0.0780. The molecule has 0 saturated heterocycles. The molecule has 2 aromatic rings. The van der Waals surface area contributed by atoms with Gasteiger partial charge < -0.3 is 24.4 Å². The van der Waals surface area contributed by atoms with Crippen LogP contribution in [0.3, 0.4) is 0 Å². The van der Waals surface area contributed by atoms with Crippen molar-refractivity contribution in [1.29, 1.82) is 0 Å². The van der Waals surface area contributed by atoms with Crippen LogP contribution in [0, 0.1) is 6.92 Å². The molecule has 2 amide bonds. The van der Waals surface area contributed by atoms with E-state index in [4.69, 9.17) is 14.2 Å². The Morgan fingerprint density at radius 1 is 1.19 bits per heavy atom. The van der Waals surface area contributed by atoms with Crippen LogP contribution >= 0.6 is 0 Å². The Hall–Kier alpha value is -2.89. The molecule has 6 heteroatoms. The maximum Gasteiger partial charge on any atom is 0.317 e. The molecule has 1 aliphatic rings. The molecule has 0 atom stereocenters. The number of nitrogens with zero attached hydrogens (tertiary/aromatic N) is 1. The molecule has 1 N–H and O–H groups in total. The van der Waals surface area contributed by atoms with Crippen LogP contribution in [0.4, 0.5) is 4.79 Å². The van der Waals surface area contributed by atoms with Gasteiger partial charge in [-0.15, -0.1) is 0 Å². The number of aryl methyl sites for hydroxylation is 1. The standard InChI is InChI=1S/C21H26N2O4/c1-3-23(14-17-8-9-19-20(13-17)27-15-26-19)21(24)22-10-5-11-25-18-7-4-6-16(2)12-18/h4,6-9,12-13H,3,5,10-11,14-15H2,1-2H3,(H,22,24). The SMILES string of the molecule is CCN(Cc1ccc2c(c1)OCO2)C(=O)NCCCOc1cccc(C)c1. The third-order valence-corrected chi connectivity index (χ3v) is 4.33. The lowest BCUT2D eigenvalue weighted by molar-refractivity contribution is 0.173. The van der Waals surface area contributed by atoms with Gasteiger partial charge in [0, 0.05) is 19.6 Å². The highest BCUT2D eigenvalue weighted by atomic mass is 16.7. The molecular weight excluding hydrogens is 344 g/mol. The maximum atomic E-state index is 12.4. The Bertz CT molecular complexity index is 779. The molecule has 0 aromatic heterocycles. The molecule has 6 nitrogen and oxygen atoms in total. The lowest BCUT2D eigenvalue weighted by Crippen LogP contribution is -2.40. The first-order chi connectivity index (χ1) is 13.2. The molecule has 1 aliphatic heterocycles. The number of nitrogens with one attached hydrogen (secondary N) is 1. The highest BCUT2D eigenvalue weighted by Gasteiger charge is 2.16. The number of ether oxygens (including phenoxy) is 3. The third-order valence-electron chi connectivity index (χ3n) is 4.33.